The molecule has 0 aliphatic carbocycles. The third kappa shape index (κ3) is 1.74. The SMILES string of the molecule is [CH]CC=C. The van der Waals surface area contributed by atoms with E-state index in [4.69, 9.17) is 6.92 Å². The largest absolute Gasteiger partial charge is 0.103 e. The zero-order chi connectivity index (χ0) is 3.41. The van der Waals surface area contributed by atoms with E-state index in [0.717, 1.165) is 0 Å². The van der Waals surface area contributed by atoms with E-state index in [9.17, 15) is 0 Å². The van der Waals surface area contributed by atoms with E-state index in [-0.39, 0.29) is 0 Å². The first-order valence-electron chi connectivity index (χ1n) is 1.22. The Bertz CT molecular complexity index is 14.0. The van der Waals surface area contributed by atoms with E-state index in [1.165, 1.54) is 0 Å². The highest BCUT2D eigenvalue weighted by Crippen LogP contribution is 1.65. The zero-order valence-electron chi connectivity index (χ0n) is 2.57. The van der Waals surface area contributed by atoms with Crippen molar-refractivity contribution in [3.63, 3.8) is 0 Å². The van der Waals surface area contributed by atoms with Crippen molar-refractivity contribution >= 4 is 0 Å². The van der Waals surface area contributed by atoms with Gasteiger partial charge in [-0.2, -0.15) is 0 Å². The molecule has 0 atom stereocenters. The lowest BCUT2D eigenvalue weighted by Gasteiger charge is -1.57. The van der Waals surface area contributed by atoms with Crippen LogP contribution in [-0.4, -0.2) is 0 Å². The van der Waals surface area contributed by atoms with Gasteiger partial charge in [-0.25, -0.2) is 0 Å². The third-order valence-corrected chi connectivity index (χ3v) is 0.167. The van der Waals surface area contributed by atoms with Crippen LogP contribution in [-0.2, 0) is 0 Å². The second-order valence-electron chi connectivity index (χ2n) is 0.524. The first kappa shape index (κ1) is 3.74. The Labute approximate surface area is 27.1 Å². The van der Waals surface area contributed by atoms with Gasteiger partial charge < -0.3 is 0 Å². The molecule has 0 aliphatic heterocycles. The molecule has 0 saturated heterocycles. The van der Waals surface area contributed by atoms with E-state index in [2.05, 4.69) is 6.58 Å². The van der Waals surface area contributed by atoms with Crippen LogP contribution in [0.2, 0.25) is 0 Å². The minimum absolute atomic E-state index is 0.583. The Kier molecular flexibility index (Phi) is 2.56. The Balaban J connectivity index is 2.30. The van der Waals surface area contributed by atoms with E-state index >= 15 is 0 Å². The summed E-state index contributed by atoms with van der Waals surface area (Å²) in [6.07, 6.45) is 2.24. The van der Waals surface area contributed by atoms with Gasteiger partial charge in [-0.1, -0.05) is 6.08 Å². The Hall–Kier alpha value is -0.260. The normalized spacial score (nSPS) is 6.25. The zero-order valence-corrected chi connectivity index (χ0v) is 2.57. The lowest BCUT2D eigenvalue weighted by atomic mass is 10.5. The first-order valence-corrected chi connectivity index (χ1v) is 1.22. The molecule has 0 aromatic rings. The second-order valence-corrected chi connectivity index (χ2v) is 0.524. The van der Waals surface area contributed by atoms with Crippen LogP contribution in [0, 0.1) is 6.92 Å². The van der Waals surface area contributed by atoms with Gasteiger partial charge in [0.25, 0.3) is 0 Å². The molecule has 0 bridgehead atoms. The van der Waals surface area contributed by atoms with Gasteiger partial charge in [-0.15, -0.1) is 6.58 Å². The number of allylic oxidation sites excluding steroid dienone is 1. The topological polar surface area (TPSA) is 0 Å². The van der Waals surface area contributed by atoms with Crippen molar-refractivity contribution in [3.8, 4) is 0 Å². The predicted octanol–water partition coefficient (Wildman–Crippen LogP) is 1.27. The molecule has 0 nitrogen and oxygen atoms in total. The quantitative estimate of drug-likeness (QED) is 0.395. The molecule has 0 heteroatoms. The van der Waals surface area contributed by atoms with Crippen molar-refractivity contribution in [1.82, 2.24) is 0 Å². The monoisotopic (exact) mass is 54.0 g/mol. The molecule has 4 heavy (non-hydrogen) atoms. The third-order valence-electron chi connectivity index (χ3n) is 0.167. The van der Waals surface area contributed by atoms with Crippen molar-refractivity contribution in [3.05, 3.63) is 19.6 Å². The van der Waals surface area contributed by atoms with Crippen LogP contribution in [0.5, 0.6) is 0 Å². The van der Waals surface area contributed by atoms with Gasteiger partial charge in [-0.3, -0.25) is 0 Å². The molecule has 0 spiro atoms. The minimum Gasteiger partial charge on any atom is -0.103 e. The fourth-order valence-corrected chi connectivity index (χ4v) is 0. The molecular weight excluding hydrogens is 48.0 g/mol. The summed E-state index contributed by atoms with van der Waals surface area (Å²) in [6, 6.07) is 0. The van der Waals surface area contributed by atoms with E-state index < -0.39 is 0 Å². The summed E-state index contributed by atoms with van der Waals surface area (Å²) in [7, 11) is 0. The van der Waals surface area contributed by atoms with Crippen LogP contribution < -0.4 is 0 Å². The standard InChI is InChI=1S/C4H6/c1-3-4-2/h1,4H,2-3H2. The van der Waals surface area contributed by atoms with Crippen molar-refractivity contribution < 1.29 is 0 Å². The van der Waals surface area contributed by atoms with E-state index in [1.807, 2.05) is 0 Å². The number of hydrogen-bond donors (Lipinski definition) is 0. The molecule has 0 fully saturated rings. The van der Waals surface area contributed by atoms with Crippen LogP contribution >= 0.6 is 0 Å². The van der Waals surface area contributed by atoms with Crippen LogP contribution in [0.3, 0.4) is 0 Å². The van der Waals surface area contributed by atoms with Crippen LogP contribution in [0.4, 0.5) is 0 Å². The maximum atomic E-state index is 4.91. The molecule has 0 unspecified atom stereocenters. The number of hydrogen-bond acceptors (Lipinski definition) is 0. The highest BCUT2D eigenvalue weighted by molar-refractivity contribution is 4.65. The molecule has 0 aliphatic rings. The summed E-state index contributed by atoms with van der Waals surface area (Å²) in [5.74, 6) is 0. The predicted molar refractivity (Wildman–Crippen MR) is 19.1 cm³/mol. The molecule has 0 aromatic heterocycles. The second kappa shape index (κ2) is 2.74. The van der Waals surface area contributed by atoms with Gasteiger partial charge in [0.05, 0.1) is 0 Å². The van der Waals surface area contributed by atoms with Gasteiger partial charge in [0, 0.05) is 0 Å². The minimum atomic E-state index is 0.583. The van der Waals surface area contributed by atoms with Gasteiger partial charge in [-0.05, 0) is 13.3 Å². The summed E-state index contributed by atoms with van der Waals surface area (Å²) in [5, 5.41) is 0. The average molecular weight is 54.1 g/mol. The molecular formula is C4H6. The van der Waals surface area contributed by atoms with Crippen molar-refractivity contribution in [2.45, 2.75) is 6.42 Å². The molecule has 22 valence electrons. The van der Waals surface area contributed by atoms with Crippen molar-refractivity contribution in [2.24, 2.45) is 0 Å². The maximum Gasteiger partial charge on any atom is -0.0311 e. The summed E-state index contributed by atoms with van der Waals surface area (Å²) < 4.78 is 0. The van der Waals surface area contributed by atoms with Crippen LogP contribution in [0.1, 0.15) is 6.42 Å². The van der Waals surface area contributed by atoms with Crippen molar-refractivity contribution in [1.29, 1.82) is 0 Å². The fraction of sp³-hybridized carbons (Fsp3) is 0.250. The Morgan fingerprint density at radius 2 is 2.25 bits per heavy atom. The Morgan fingerprint density at radius 3 is 2.25 bits per heavy atom. The van der Waals surface area contributed by atoms with Gasteiger partial charge in [0.1, 0.15) is 0 Å². The van der Waals surface area contributed by atoms with Gasteiger partial charge in [0.2, 0.25) is 0 Å². The maximum absolute atomic E-state index is 4.91. The first-order chi connectivity index (χ1) is 1.91. The van der Waals surface area contributed by atoms with E-state index in [0.29, 0.717) is 6.42 Å². The van der Waals surface area contributed by atoms with Gasteiger partial charge in [0.15, 0.2) is 0 Å². The summed E-state index contributed by atoms with van der Waals surface area (Å²) in [4.78, 5) is 0. The summed E-state index contributed by atoms with van der Waals surface area (Å²) in [5.41, 5.74) is 0. The Morgan fingerprint density at radius 1 is 2.00 bits per heavy atom. The molecule has 0 N–H and O–H groups in total. The smallest absolute Gasteiger partial charge is 0.0311 e. The van der Waals surface area contributed by atoms with E-state index in [1.54, 1.807) is 6.08 Å². The molecule has 0 rings (SSSR count). The molecule has 2 radical (unpaired) electrons. The van der Waals surface area contributed by atoms with Gasteiger partial charge >= 0.3 is 0 Å². The van der Waals surface area contributed by atoms with Crippen molar-refractivity contribution in [2.75, 3.05) is 0 Å². The molecule has 0 heterocycles. The lowest BCUT2D eigenvalue weighted by Crippen LogP contribution is -1.37. The summed E-state index contributed by atoms with van der Waals surface area (Å²) in [6.45, 7) is 8.26. The lowest BCUT2D eigenvalue weighted by molar-refractivity contribution is 1.42. The number of rotatable bonds is 1. The average Bonchev–Trinajstić information content (AvgIpc) is 1.37. The molecule has 0 saturated carbocycles. The van der Waals surface area contributed by atoms with Crippen LogP contribution in [0.25, 0.3) is 0 Å². The fourth-order valence-electron chi connectivity index (χ4n) is 0. The highest BCUT2D eigenvalue weighted by Gasteiger charge is 1.46. The highest BCUT2D eigenvalue weighted by atomic mass is 13.5. The van der Waals surface area contributed by atoms with Crippen LogP contribution in [0.15, 0.2) is 12.7 Å². The molecule has 0 aromatic carbocycles. The molecule has 0 amide bonds. The summed E-state index contributed by atoms with van der Waals surface area (Å²) >= 11 is 0.